The Morgan fingerprint density at radius 2 is 1.69 bits per heavy atom. The minimum atomic E-state index is -0.704. The van der Waals surface area contributed by atoms with Crippen molar-refractivity contribution in [3.63, 3.8) is 0 Å². The van der Waals surface area contributed by atoms with Crippen molar-refractivity contribution in [3.8, 4) is 11.1 Å². The van der Waals surface area contributed by atoms with Gasteiger partial charge in [0.05, 0.1) is 5.41 Å². The highest BCUT2D eigenvalue weighted by atomic mass is 35.5. The summed E-state index contributed by atoms with van der Waals surface area (Å²) in [5.41, 5.74) is 5.76. The van der Waals surface area contributed by atoms with Gasteiger partial charge in [0, 0.05) is 24.0 Å². The quantitative estimate of drug-likeness (QED) is 0.256. The number of imidazole rings is 1. The van der Waals surface area contributed by atoms with E-state index in [4.69, 9.17) is 11.6 Å². The van der Waals surface area contributed by atoms with Crippen LogP contribution in [0.4, 0.5) is 0 Å². The summed E-state index contributed by atoms with van der Waals surface area (Å²) in [6.45, 7) is 6.01. The summed E-state index contributed by atoms with van der Waals surface area (Å²) in [7, 11) is 0. The van der Waals surface area contributed by atoms with Crippen LogP contribution in [0.3, 0.4) is 0 Å². The van der Waals surface area contributed by atoms with Gasteiger partial charge >= 0.3 is 5.97 Å². The van der Waals surface area contributed by atoms with E-state index in [0.717, 1.165) is 47.9 Å². The average Bonchev–Trinajstić information content (AvgIpc) is 3.36. The number of hydrogen-bond acceptors (Lipinski definition) is 3. The average molecular weight is 544 g/mol. The van der Waals surface area contributed by atoms with E-state index in [0.29, 0.717) is 28.8 Å². The highest BCUT2D eigenvalue weighted by Gasteiger charge is 2.39. The molecule has 0 aliphatic heterocycles. The number of carboxylic acids is 1. The summed E-state index contributed by atoms with van der Waals surface area (Å²) in [5.74, 6) is -0.262. The summed E-state index contributed by atoms with van der Waals surface area (Å²) in [4.78, 5) is 28.9. The summed E-state index contributed by atoms with van der Waals surface area (Å²) < 4.78 is 1.88. The Hall–Kier alpha value is -3.64. The number of amides is 1. The van der Waals surface area contributed by atoms with Gasteiger partial charge < -0.3 is 14.8 Å². The number of carbonyl (C=O) groups is 2. The van der Waals surface area contributed by atoms with Crippen LogP contribution in [0.25, 0.3) is 16.8 Å². The molecule has 7 heteroatoms. The number of carbonyl (C=O) groups excluding carboxylic acids is 1. The van der Waals surface area contributed by atoms with Crippen LogP contribution >= 0.6 is 11.6 Å². The van der Waals surface area contributed by atoms with Crippen LogP contribution in [0, 0.1) is 18.3 Å². The van der Waals surface area contributed by atoms with Crippen LogP contribution in [0.2, 0.25) is 5.02 Å². The second-order valence-corrected chi connectivity index (χ2v) is 11.6. The summed E-state index contributed by atoms with van der Waals surface area (Å²) in [6.07, 6.45) is 7.66. The molecule has 0 unspecified atom stereocenters. The number of hydrogen-bond donors (Lipinski definition) is 2. The lowest BCUT2D eigenvalue weighted by molar-refractivity contribution is -0.150. The number of halogens is 1. The number of aliphatic carboxylic acids is 1. The predicted molar refractivity (Wildman–Crippen MR) is 154 cm³/mol. The molecule has 5 rings (SSSR count). The SMILES string of the molecule is Cc1cccc(Cl)c1CNC(=O)c1cn2cc(-c3ccc([C@H]4CC[C@H](C(C)(C)C(=O)O)CC4)cc3)ccc2n1. The summed E-state index contributed by atoms with van der Waals surface area (Å²) in [5, 5.41) is 13.1. The van der Waals surface area contributed by atoms with E-state index in [9.17, 15) is 14.7 Å². The first-order valence-electron chi connectivity index (χ1n) is 13.5. The van der Waals surface area contributed by atoms with Gasteiger partial charge in [-0.2, -0.15) is 0 Å². The number of aromatic nitrogens is 2. The highest BCUT2D eigenvalue weighted by molar-refractivity contribution is 6.31. The molecule has 2 aromatic heterocycles. The first-order valence-corrected chi connectivity index (χ1v) is 13.9. The monoisotopic (exact) mass is 543 g/mol. The van der Waals surface area contributed by atoms with Gasteiger partial charge in [0.1, 0.15) is 11.3 Å². The molecule has 1 saturated carbocycles. The predicted octanol–water partition coefficient (Wildman–Crippen LogP) is 7.28. The largest absolute Gasteiger partial charge is 0.481 e. The maximum Gasteiger partial charge on any atom is 0.309 e. The minimum Gasteiger partial charge on any atom is -0.481 e. The molecule has 1 aliphatic carbocycles. The van der Waals surface area contributed by atoms with Crippen LogP contribution < -0.4 is 5.32 Å². The lowest BCUT2D eigenvalue weighted by Gasteiger charge is -2.36. The lowest BCUT2D eigenvalue weighted by atomic mass is 9.68. The first kappa shape index (κ1) is 26.9. The molecule has 0 atom stereocenters. The van der Waals surface area contributed by atoms with Crippen molar-refractivity contribution in [3.05, 3.63) is 94.4 Å². The number of nitrogens with zero attached hydrogens (tertiary/aromatic N) is 2. The molecule has 1 amide bonds. The number of aryl methyl sites for hydroxylation is 1. The Morgan fingerprint density at radius 1 is 1.00 bits per heavy atom. The molecular formula is C32H34ClN3O3. The summed E-state index contributed by atoms with van der Waals surface area (Å²) >= 11 is 6.29. The standard InChI is InChI=1S/C32H34ClN3O3/c1-20-5-4-6-27(33)26(20)17-34-30(37)28-19-36-18-24(13-16-29(36)35-28)23-9-7-21(8-10-23)22-11-14-25(15-12-22)32(2,3)31(38)39/h4-10,13,16,18-19,22,25H,11-12,14-15,17H2,1-3H3,(H,34,37)(H,38,39)/t22-,25-. The van der Waals surface area contributed by atoms with Gasteiger partial charge in [0.2, 0.25) is 0 Å². The Labute approximate surface area is 234 Å². The van der Waals surface area contributed by atoms with Crippen LogP contribution in [-0.2, 0) is 11.3 Å². The Kier molecular flexibility index (Phi) is 7.50. The molecule has 2 N–H and O–H groups in total. The molecule has 0 spiro atoms. The van der Waals surface area contributed by atoms with Gasteiger partial charge in [-0.3, -0.25) is 9.59 Å². The molecule has 6 nitrogen and oxygen atoms in total. The summed E-state index contributed by atoms with van der Waals surface area (Å²) in [6, 6.07) is 18.3. The van der Waals surface area contributed by atoms with Crippen molar-refractivity contribution in [2.24, 2.45) is 11.3 Å². The Balaban J connectivity index is 1.25. The lowest BCUT2D eigenvalue weighted by Crippen LogP contribution is -2.35. The number of benzene rings is 2. The maximum absolute atomic E-state index is 12.8. The van der Waals surface area contributed by atoms with Gasteiger partial charge in [-0.05, 0) is 104 Å². The van der Waals surface area contributed by atoms with Crippen molar-refractivity contribution in [2.75, 3.05) is 0 Å². The number of fused-ring (bicyclic) bond motifs is 1. The molecule has 2 aromatic carbocycles. The van der Waals surface area contributed by atoms with Gasteiger partial charge in [-0.25, -0.2) is 4.98 Å². The van der Waals surface area contributed by atoms with E-state index < -0.39 is 11.4 Å². The van der Waals surface area contributed by atoms with Crippen molar-refractivity contribution in [1.29, 1.82) is 0 Å². The molecule has 0 saturated heterocycles. The maximum atomic E-state index is 12.8. The molecule has 2 heterocycles. The Morgan fingerprint density at radius 3 is 2.36 bits per heavy atom. The van der Waals surface area contributed by atoms with E-state index in [2.05, 4.69) is 34.6 Å². The van der Waals surface area contributed by atoms with Gasteiger partial charge in [-0.1, -0.05) is 48.0 Å². The third-order valence-corrected chi connectivity index (χ3v) is 8.83. The number of pyridine rings is 1. The van der Waals surface area contributed by atoms with Crippen molar-refractivity contribution < 1.29 is 14.7 Å². The smallest absolute Gasteiger partial charge is 0.309 e. The molecule has 1 fully saturated rings. The second kappa shape index (κ2) is 10.9. The Bertz CT molecular complexity index is 1500. The van der Waals surface area contributed by atoms with E-state index in [1.807, 2.05) is 61.7 Å². The van der Waals surface area contributed by atoms with Crippen LogP contribution in [0.1, 0.15) is 72.6 Å². The molecule has 0 radical (unpaired) electrons. The normalized spacial score (nSPS) is 17.7. The number of nitrogens with one attached hydrogen (secondary N) is 1. The fourth-order valence-electron chi connectivity index (χ4n) is 5.69. The third kappa shape index (κ3) is 5.57. The first-order chi connectivity index (χ1) is 18.6. The van der Waals surface area contributed by atoms with Crippen LogP contribution in [-0.4, -0.2) is 26.4 Å². The van der Waals surface area contributed by atoms with Crippen molar-refractivity contribution >= 4 is 29.1 Å². The number of carboxylic acid groups (broad SMARTS) is 1. The second-order valence-electron chi connectivity index (χ2n) is 11.2. The zero-order valence-corrected chi connectivity index (χ0v) is 23.3. The van der Waals surface area contributed by atoms with Crippen molar-refractivity contribution in [2.45, 2.75) is 58.9 Å². The van der Waals surface area contributed by atoms with Crippen LogP contribution in [0.5, 0.6) is 0 Å². The van der Waals surface area contributed by atoms with Crippen LogP contribution in [0.15, 0.2) is 67.0 Å². The van der Waals surface area contributed by atoms with E-state index >= 15 is 0 Å². The van der Waals surface area contributed by atoms with Gasteiger partial charge in [-0.15, -0.1) is 0 Å². The van der Waals surface area contributed by atoms with Gasteiger partial charge in [0.25, 0.3) is 5.91 Å². The molecule has 4 aromatic rings. The van der Waals surface area contributed by atoms with Crippen molar-refractivity contribution in [1.82, 2.24) is 14.7 Å². The zero-order valence-electron chi connectivity index (χ0n) is 22.6. The zero-order chi connectivity index (χ0) is 27.7. The topological polar surface area (TPSA) is 83.7 Å². The van der Waals surface area contributed by atoms with Gasteiger partial charge in [0.15, 0.2) is 0 Å². The minimum absolute atomic E-state index is 0.222. The third-order valence-electron chi connectivity index (χ3n) is 8.48. The van der Waals surface area contributed by atoms with E-state index in [1.54, 1.807) is 6.20 Å². The fourth-order valence-corrected chi connectivity index (χ4v) is 5.98. The van der Waals surface area contributed by atoms with E-state index in [1.165, 1.54) is 5.56 Å². The van der Waals surface area contributed by atoms with E-state index in [-0.39, 0.29) is 11.8 Å². The molecule has 39 heavy (non-hydrogen) atoms. The molecular weight excluding hydrogens is 510 g/mol. The number of rotatable bonds is 7. The fraction of sp³-hybridized carbons (Fsp3) is 0.344. The molecule has 202 valence electrons. The molecule has 1 aliphatic rings. The highest BCUT2D eigenvalue weighted by Crippen LogP contribution is 2.43. The molecule has 0 bridgehead atoms.